The van der Waals surface area contributed by atoms with Crippen LogP contribution in [0.1, 0.15) is 17.5 Å². The summed E-state index contributed by atoms with van der Waals surface area (Å²) in [6.45, 7) is 9.38. The van der Waals surface area contributed by atoms with Crippen LogP contribution in [0.25, 0.3) is 0 Å². The van der Waals surface area contributed by atoms with Crippen molar-refractivity contribution in [2.45, 2.75) is 25.3 Å². The highest BCUT2D eigenvalue weighted by atomic mass is 16.3. The van der Waals surface area contributed by atoms with Crippen LogP contribution in [-0.2, 0) is 12.8 Å². The highest BCUT2D eigenvalue weighted by Crippen LogP contribution is 2.30. The lowest BCUT2D eigenvalue weighted by Gasteiger charge is -2.34. The summed E-state index contributed by atoms with van der Waals surface area (Å²) >= 11 is 0. The summed E-state index contributed by atoms with van der Waals surface area (Å²) in [7, 11) is 0. The van der Waals surface area contributed by atoms with Gasteiger partial charge in [0.2, 0.25) is 0 Å². The van der Waals surface area contributed by atoms with Gasteiger partial charge in [-0.3, -0.25) is 4.90 Å². The predicted molar refractivity (Wildman–Crippen MR) is 75.9 cm³/mol. The second-order valence-corrected chi connectivity index (χ2v) is 4.84. The van der Waals surface area contributed by atoms with Gasteiger partial charge in [-0.05, 0) is 36.5 Å². The minimum atomic E-state index is 0.439. The second kappa shape index (κ2) is 5.87. The second-order valence-electron chi connectivity index (χ2n) is 4.84. The van der Waals surface area contributed by atoms with Crippen LogP contribution in [0.3, 0.4) is 0 Å². The molecule has 2 rings (SSSR count). The summed E-state index contributed by atoms with van der Waals surface area (Å²) in [4.78, 5) is 2.37. The lowest BCUT2D eigenvalue weighted by Crippen LogP contribution is -2.39. The Morgan fingerprint density at radius 2 is 2.00 bits per heavy atom. The molecular formula is C16H21NO. The van der Waals surface area contributed by atoms with E-state index >= 15 is 0 Å². The minimum Gasteiger partial charge on any atom is -0.508 e. The summed E-state index contributed by atoms with van der Waals surface area (Å²) < 4.78 is 0. The fourth-order valence-electron chi connectivity index (χ4n) is 2.77. The van der Waals surface area contributed by atoms with E-state index in [0.717, 1.165) is 37.9 Å². The van der Waals surface area contributed by atoms with Gasteiger partial charge < -0.3 is 5.11 Å². The smallest absolute Gasteiger partial charge is 0.119 e. The standard InChI is InChI=1S/C16H21NO/c1-3-10-17(11-4-2)14-9-8-13-6-5-7-16(18)15(13)12-14/h3-7,14,18H,1-2,8-12H2. The van der Waals surface area contributed by atoms with Gasteiger partial charge >= 0.3 is 0 Å². The van der Waals surface area contributed by atoms with Gasteiger partial charge in [-0.2, -0.15) is 0 Å². The fourth-order valence-corrected chi connectivity index (χ4v) is 2.77. The van der Waals surface area contributed by atoms with Crippen LogP contribution in [0.5, 0.6) is 5.75 Å². The maximum Gasteiger partial charge on any atom is 0.119 e. The van der Waals surface area contributed by atoms with E-state index in [9.17, 15) is 5.11 Å². The number of hydrogen-bond donors (Lipinski definition) is 1. The van der Waals surface area contributed by atoms with Gasteiger partial charge in [-0.1, -0.05) is 24.3 Å². The first-order valence-corrected chi connectivity index (χ1v) is 6.51. The van der Waals surface area contributed by atoms with Crippen LogP contribution < -0.4 is 0 Å². The zero-order valence-electron chi connectivity index (χ0n) is 10.8. The molecule has 0 radical (unpaired) electrons. The molecule has 1 aromatic carbocycles. The van der Waals surface area contributed by atoms with Crippen molar-refractivity contribution >= 4 is 0 Å². The van der Waals surface area contributed by atoms with Gasteiger partial charge in [0.25, 0.3) is 0 Å². The summed E-state index contributed by atoms with van der Waals surface area (Å²) in [5, 5.41) is 9.96. The quantitative estimate of drug-likeness (QED) is 0.804. The Bertz CT molecular complexity index is 429. The van der Waals surface area contributed by atoms with E-state index in [1.165, 1.54) is 5.56 Å². The first-order valence-electron chi connectivity index (χ1n) is 6.51. The van der Waals surface area contributed by atoms with Crippen LogP contribution in [-0.4, -0.2) is 29.1 Å². The summed E-state index contributed by atoms with van der Waals surface area (Å²) in [6, 6.07) is 6.31. The molecule has 96 valence electrons. The summed E-state index contributed by atoms with van der Waals surface area (Å²) in [5.74, 6) is 0.439. The monoisotopic (exact) mass is 243 g/mol. The van der Waals surface area contributed by atoms with Crippen molar-refractivity contribution in [3.63, 3.8) is 0 Å². The number of rotatable bonds is 5. The largest absolute Gasteiger partial charge is 0.508 e. The summed E-state index contributed by atoms with van der Waals surface area (Å²) in [5.41, 5.74) is 2.41. The number of hydrogen-bond acceptors (Lipinski definition) is 2. The molecule has 1 N–H and O–H groups in total. The molecule has 1 atom stereocenters. The van der Waals surface area contributed by atoms with Crippen molar-refractivity contribution in [2.24, 2.45) is 0 Å². The highest BCUT2D eigenvalue weighted by molar-refractivity contribution is 5.41. The Morgan fingerprint density at radius 3 is 2.67 bits per heavy atom. The highest BCUT2D eigenvalue weighted by Gasteiger charge is 2.24. The van der Waals surface area contributed by atoms with Crippen LogP contribution in [0, 0.1) is 0 Å². The number of fused-ring (bicyclic) bond motifs is 1. The zero-order chi connectivity index (χ0) is 13.0. The van der Waals surface area contributed by atoms with Crippen molar-refractivity contribution < 1.29 is 5.11 Å². The molecule has 18 heavy (non-hydrogen) atoms. The van der Waals surface area contributed by atoms with E-state index in [2.05, 4.69) is 24.1 Å². The number of aromatic hydroxyl groups is 1. The zero-order valence-corrected chi connectivity index (χ0v) is 10.8. The lowest BCUT2D eigenvalue weighted by atomic mass is 9.87. The fraction of sp³-hybridized carbons (Fsp3) is 0.375. The Morgan fingerprint density at radius 1 is 1.28 bits per heavy atom. The molecule has 0 spiro atoms. The molecule has 0 aliphatic heterocycles. The van der Waals surface area contributed by atoms with E-state index in [-0.39, 0.29) is 0 Å². The molecule has 0 aromatic heterocycles. The third-order valence-corrected chi connectivity index (χ3v) is 3.68. The van der Waals surface area contributed by atoms with Crippen molar-refractivity contribution in [1.29, 1.82) is 0 Å². The maximum absolute atomic E-state index is 9.96. The van der Waals surface area contributed by atoms with Gasteiger partial charge in [0.15, 0.2) is 0 Å². The molecule has 1 aliphatic carbocycles. The van der Waals surface area contributed by atoms with Crippen LogP contribution in [0.4, 0.5) is 0 Å². The Hall–Kier alpha value is -1.54. The number of phenolic OH excluding ortho intramolecular Hbond substituents is 1. The normalized spacial score (nSPS) is 18.4. The lowest BCUT2D eigenvalue weighted by molar-refractivity contribution is 0.218. The van der Waals surface area contributed by atoms with E-state index in [4.69, 9.17) is 0 Å². The molecule has 0 saturated heterocycles. The molecule has 0 saturated carbocycles. The number of phenols is 1. The van der Waals surface area contributed by atoms with Crippen molar-refractivity contribution in [2.75, 3.05) is 13.1 Å². The van der Waals surface area contributed by atoms with Crippen LogP contribution in [0.15, 0.2) is 43.5 Å². The van der Waals surface area contributed by atoms with Crippen molar-refractivity contribution in [1.82, 2.24) is 4.90 Å². The average Bonchev–Trinajstić information content (AvgIpc) is 2.39. The molecule has 1 unspecified atom stereocenters. The van der Waals surface area contributed by atoms with Gasteiger partial charge in [0, 0.05) is 19.1 Å². The van der Waals surface area contributed by atoms with E-state index in [1.807, 2.05) is 18.2 Å². The van der Waals surface area contributed by atoms with E-state index in [0.29, 0.717) is 11.8 Å². The maximum atomic E-state index is 9.96. The van der Waals surface area contributed by atoms with Crippen LogP contribution >= 0.6 is 0 Å². The third-order valence-electron chi connectivity index (χ3n) is 3.68. The molecule has 0 bridgehead atoms. The van der Waals surface area contributed by atoms with Gasteiger partial charge in [0.05, 0.1) is 0 Å². The average molecular weight is 243 g/mol. The van der Waals surface area contributed by atoms with Gasteiger partial charge in [-0.15, -0.1) is 13.2 Å². The molecular weight excluding hydrogens is 222 g/mol. The predicted octanol–water partition coefficient (Wildman–Crippen LogP) is 2.92. The molecule has 0 amide bonds. The van der Waals surface area contributed by atoms with E-state index in [1.54, 1.807) is 6.07 Å². The Kier molecular flexibility index (Phi) is 4.21. The number of benzene rings is 1. The van der Waals surface area contributed by atoms with E-state index < -0.39 is 0 Å². The molecule has 1 aliphatic rings. The minimum absolute atomic E-state index is 0.439. The SMILES string of the molecule is C=CCN(CC=C)C1CCc2cccc(O)c2C1. The molecule has 2 nitrogen and oxygen atoms in total. The molecule has 0 heterocycles. The Balaban J connectivity index is 2.16. The first-order chi connectivity index (χ1) is 8.76. The number of nitrogens with zero attached hydrogens (tertiary/aromatic N) is 1. The van der Waals surface area contributed by atoms with Crippen LogP contribution in [0.2, 0.25) is 0 Å². The first kappa shape index (κ1) is 12.9. The number of aryl methyl sites for hydroxylation is 1. The van der Waals surface area contributed by atoms with Gasteiger partial charge in [-0.25, -0.2) is 0 Å². The Labute approximate surface area is 109 Å². The molecule has 0 fully saturated rings. The molecule has 1 aromatic rings. The van der Waals surface area contributed by atoms with Crippen molar-refractivity contribution in [3.05, 3.63) is 54.6 Å². The molecule has 2 heteroatoms. The topological polar surface area (TPSA) is 23.5 Å². The van der Waals surface area contributed by atoms with Gasteiger partial charge in [0.1, 0.15) is 5.75 Å². The summed E-state index contributed by atoms with van der Waals surface area (Å²) in [6.07, 6.45) is 6.97. The van der Waals surface area contributed by atoms with Crippen molar-refractivity contribution in [3.8, 4) is 5.75 Å². The third kappa shape index (κ3) is 2.65.